The van der Waals surface area contributed by atoms with Crippen LogP contribution in [0.15, 0.2) is 17.2 Å². The van der Waals surface area contributed by atoms with Crippen molar-refractivity contribution in [3.8, 4) is 0 Å². The van der Waals surface area contributed by atoms with Crippen LogP contribution in [0.2, 0.25) is 0 Å². The SMILES string of the molecule is CCC(C)c1cc(=O)n(C)cn1. The van der Waals surface area contributed by atoms with Gasteiger partial charge < -0.3 is 4.57 Å². The van der Waals surface area contributed by atoms with Crippen LogP contribution >= 0.6 is 0 Å². The van der Waals surface area contributed by atoms with E-state index in [1.54, 1.807) is 19.4 Å². The summed E-state index contributed by atoms with van der Waals surface area (Å²) < 4.78 is 1.48. The molecule has 3 heteroatoms. The maximum atomic E-state index is 11.2. The third-order valence-corrected chi connectivity index (χ3v) is 2.12. The lowest BCUT2D eigenvalue weighted by atomic mass is 10.1. The zero-order chi connectivity index (χ0) is 9.14. The topological polar surface area (TPSA) is 34.9 Å². The van der Waals surface area contributed by atoms with Crippen molar-refractivity contribution in [2.24, 2.45) is 7.05 Å². The summed E-state index contributed by atoms with van der Waals surface area (Å²) in [5, 5.41) is 0. The van der Waals surface area contributed by atoms with E-state index in [9.17, 15) is 4.79 Å². The Morgan fingerprint density at radius 1 is 1.67 bits per heavy atom. The number of rotatable bonds is 2. The van der Waals surface area contributed by atoms with Gasteiger partial charge in [0.1, 0.15) is 0 Å². The Morgan fingerprint density at radius 3 is 2.83 bits per heavy atom. The fraction of sp³-hybridized carbons (Fsp3) is 0.556. The summed E-state index contributed by atoms with van der Waals surface area (Å²) in [6, 6.07) is 1.61. The molecule has 0 aliphatic carbocycles. The molecule has 0 bridgehead atoms. The number of aromatic nitrogens is 2. The minimum Gasteiger partial charge on any atom is -0.302 e. The molecule has 0 saturated heterocycles. The molecule has 1 unspecified atom stereocenters. The van der Waals surface area contributed by atoms with Crippen LogP contribution in [0.4, 0.5) is 0 Å². The molecule has 0 saturated carbocycles. The molecule has 0 amide bonds. The van der Waals surface area contributed by atoms with Crippen molar-refractivity contribution in [1.29, 1.82) is 0 Å². The highest BCUT2D eigenvalue weighted by molar-refractivity contribution is 5.04. The third-order valence-electron chi connectivity index (χ3n) is 2.12. The zero-order valence-electron chi connectivity index (χ0n) is 7.74. The molecule has 0 aliphatic heterocycles. The molecule has 1 rings (SSSR count). The van der Waals surface area contributed by atoms with Gasteiger partial charge in [-0.1, -0.05) is 13.8 Å². The third kappa shape index (κ3) is 1.72. The van der Waals surface area contributed by atoms with E-state index in [1.807, 2.05) is 0 Å². The van der Waals surface area contributed by atoms with E-state index in [-0.39, 0.29) is 5.56 Å². The molecule has 12 heavy (non-hydrogen) atoms. The summed E-state index contributed by atoms with van der Waals surface area (Å²) in [5.74, 6) is 0.374. The van der Waals surface area contributed by atoms with Gasteiger partial charge in [0.15, 0.2) is 0 Å². The second kappa shape index (κ2) is 3.52. The summed E-state index contributed by atoms with van der Waals surface area (Å²) >= 11 is 0. The average Bonchev–Trinajstić information content (AvgIpc) is 2.08. The van der Waals surface area contributed by atoms with Crippen molar-refractivity contribution in [2.45, 2.75) is 26.2 Å². The number of aryl methyl sites for hydroxylation is 1. The molecule has 66 valence electrons. The first-order valence-corrected chi connectivity index (χ1v) is 4.17. The molecule has 0 aliphatic rings. The molecular formula is C9H14N2O. The van der Waals surface area contributed by atoms with Gasteiger partial charge in [-0.3, -0.25) is 4.79 Å². The largest absolute Gasteiger partial charge is 0.302 e. The van der Waals surface area contributed by atoms with Crippen molar-refractivity contribution >= 4 is 0 Å². The van der Waals surface area contributed by atoms with E-state index in [1.165, 1.54) is 4.57 Å². The fourth-order valence-corrected chi connectivity index (χ4v) is 0.954. The maximum Gasteiger partial charge on any atom is 0.253 e. The Morgan fingerprint density at radius 2 is 2.33 bits per heavy atom. The summed E-state index contributed by atoms with van der Waals surface area (Å²) in [6.45, 7) is 4.16. The van der Waals surface area contributed by atoms with Crippen LogP contribution in [0.5, 0.6) is 0 Å². The lowest BCUT2D eigenvalue weighted by Crippen LogP contribution is -2.17. The van der Waals surface area contributed by atoms with Gasteiger partial charge in [0.25, 0.3) is 5.56 Å². The Bertz CT molecular complexity index is 317. The molecular weight excluding hydrogens is 152 g/mol. The Kier molecular flexibility index (Phi) is 2.63. The molecule has 1 aromatic heterocycles. The van der Waals surface area contributed by atoms with Crippen molar-refractivity contribution in [2.75, 3.05) is 0 Å². The zero-order valence-corrected chi connectivity index (χ0v) is 7.74. The Labute approximate surface area is 72.1 Å². The second-order valence-corrected chi connectivity index (χ2v) is 3.07. The van der Waals surface area contributed by atoms with Gasteiger partial charge in [0.05, 0.1) is 12.0 Å². The van der Waals surface area contributed by atoms with Gasteiger partial charge in [0, 0.05) is 13.1 Å². The standard InChI is InChI=1S/C9H14N2O/c1-4-7(2)8-5-9(12)11(3)6-10-8/h5-7H,4H2,1-3H3. The van der Waals surface area contributed by atoms with E-state index in [4.69, 9.17) is 0 Å². The highest BCUT2D eigenvalue weighted by Gasteiger charge is 2.04. The van der Waals surface area contributed by atoms with Crippen molar-refractivity contribution in [3.05, 3.63) is 28.4 Å². The highest BCUT2D eigenvalue weighted by atomic mass is 16.1. The van der Waals surface area contributed by atoms with Gasteiger partial charge in [-0.2, -0.15) is 0 Å². The van der Waals surface area contributed by atoms with Crippen molar-refractivity contribution in [3.63, 3.8) is 0 Å². The molecule has 0 aromatic carbocycles. The Hall–Kier alpha value is -1.12. The smallest absolute Gasteiger partial charge is 0.253 e. The maximum absolute atomic E-state index is 11.2. The number of nitrogens with zero attached hydrogens (tertiary/aromatic N) is 2. The molecule has 1 aromatic rings. The monoisotopic (exact) mass is 166 g/mol. The lowest BCUT2D eigenvalue weighted by Gasteiger charge is -2.06. The van der Waals surface area contributed by atoms with Gasteiger partial charge >= 0.3 is 0 Å². The first-order valence-electron chi connectivity index (χ1n) is 4.17. The molecule has 0 radical (unpaired) electrons. The van der Waals surface area contributed by atoms with Gasteiger partial charge in [-0.05, 0) is 12.3 Å². The van der Waals surface area contributed by atoms with E-state index < -0.39 is 0 Å². The summed E-state index contributed by atoms with van der Waals surface area (Å²) in [5.41, 5.74) is 0.904. The van der Waals surface area contributed by atoms with Crippen LogP contribution in [0.25, 0.3) is 0 Å². The second-order valence-electron chi connectivity index (χ2n) is 3.07. The van der Waals surface area contributed by atoms with Gasteiger partial charge in [-0.15, -0.1) is 0 Å². The molecule has 0 fully saturated rings. The minimum absolute atomic E-state index is 0.0142. The summed E-state index contributed by atoms with van der Waals surface area (Å²) in [7, 11) is 1.70. The van der Waals surface area contributed by atoms with Gasteiger partial charge in [-0.25, -0.2) is 4.98 Å². The normalized spacial score (nSPS) is 12.9. The van der Waals surface area contributed by atoms with E-state index >= 15 is 0 Å². The first-order chi connectivity index (χ1) is 5.65. The van der Waals surface area contributed by atoms with Crippen LogP contribution in [0.3, 0.4) is 0 Å². The molecule has 1 heterocycles. The average molecular weight is 166 g/mol. The van der Waals surface area contributed by atoms with Crippen LogP contribution in [0, 0.1) is 0 Å². The predicted molar refractivity (Wildman–Crippen MR) is 48.2 cm³/mol. The minimum atomic E-state index is 0.0142. The first kappa shape index (κ1) is 8.97. The lowest BCUT2D eigenvalue weighted by molar-refractivity contribution is 0.686. The highest BCUT2D eigenvalue weighted by Crippen LogP contribution is 2.12. The summed E-state index contributed by atoms with van der Waals surface area (Å²) in [6.07, 6.45) is 2.59. The predicted octanol–water partition coefficient (Wildman–Crippen LogP) is 1.29. The molecule has 1 atom stereocenters. The van der Waals surface area contributed by atoms with Crippen LogP contribution in [-0.4, -0.2) is 9.55 Å². The van der Waals surface area contributed by atoms with Crippen molar-refractivity contribution < 1.29 is 0 Å². The van der Waals surface area contributed by atoms with Crippen LogP contribution < -0.4 is 5.56 Å². The molecule has 0 N–H and O–H groups in total. The number of hydrogen-bond donors (Lipinski definition) is 0. The van der Waals surface area contributed by atoms with Crippen LogP contribution in [-0.2, 0) is 7.05 Å². The van der Waals surface area contributed by atoms with Crippen molar-refractivity contribution in [1.82, 2.24) is 9.55 Å². The van der Waals surface area contributed by atoms with E-state index in [0.29, 0.717) is 5.92 Å². The van der Waals surface area contributed by atoms with E-state index in [0.717, 1.165) is 12.1 Å². The Balaban J connectivity index is 3.05. The quantitative estimate of drug-likeness (QED) is 0.663. The summed E-state index contributed by atoms with van der Waals surface area (Å²) in [4.78, 5) is 15.4. The fourth-order valence-electron chi connectivity index (χ4n) is 0.954. The molecule has 3 nitrogen and oxygen atoms in total. The number of hydrogen-bond acceptors (Lipinski definition) is 2. The molecule has 0 spiro atoms. The van der Waals surface area contributed by atoms with E-state index in [2.05, 4.69) is 18.8 Å². The van der Waals surface area contributed by atoms with Crippen LogP contribution in [0.1, 0.15) is 31.9 Å². The van der Waals surface area contributed by atoms with Gasteiger partial charge in [0.2, 0.25) is 0 Å².